The third kappa shape index (κ3) is 5.30. The average Bonchev–Trinajstić information content (AvgIpc) is 2.84. The molecule has 2 nitrogen and oxygen atoms in total. The quantitative estimate of drug-likeness (QED) is 0.186. The van der Waals surface area contributed by atoms with Crippen LogP contribution in [0.15, 0.2) is 72.8 Å². The molecule has 36 heavy (non-hydrogen) atoms. The van der Waals surface area contributed by atoms with E-state index in [1.807, 2.05) is 0 Å². The Morgan fingerprint density at radius 3 is 1.92 bits per heavy atom. The van der Waals surface area contributed by atoms with Crippen LogP contribution in [0.2, 0.25) is 0 Å². The summed E-state index contributed by atoms with van der Waals surface area (Å²) in [6.07, 6.45) is -3.61. The first-order valence-corrected chi connectivity index (χ1v) is 10.5. The van der Waals surface area contributed by atoms with Gasteiger partial charge in [0.15, 0.2) is 29.0 Å². The smallest absolute Gasteiger partial charge is 0.426 e. The number of benzene rings is 4. The first kappa shape index (κ1) is 25.1. The van der Waals surface area contributed by atoms with E-state index in [4.69, 9.17) is 9.47 Å². The number of alkyl halides is 2. The first-order chi connectivity index (χ1) is 17.0. The topological polar surface area (TPSA) is 18.5 Å². The number of ether oxygens (including phenoxy) is 2. The zero-order chi connectivity index (χ0) is 26.0. The van der Waals surface area contributed by atoms with Gasteiger partial charge in [0, 0.05) is 5.56 Å². The van der Waals surface area contributed by atoms with Crippen LogP contribution < -0.4 is 9.47 Å². The third-order valence-corrected chi connectivity index (χ3v) is 5.28. The minimum absolute atomic E-state index is 0.131. The second-order valence-corrected chi connectivity index (χ2v) is 7.91. The molecule has 4 aromatic carbocycles. The molecule has 0 saturated carbocycles. The van der Waals surface area contributed by atoms with E-state index >= 15 is 0 Å². The minimum atomic E-state index is -3.61. The molecular weight excluding hydrogens is 489 g/mol. The van der Waals surface area contributed by atoms with Crippen molar-refractivity contribution in [3.8, 4) is 22.6 Å². The zero-order valence-corrected chi connectivity index (χ0v) is 18.6. The van der Waals surface area contributed by atoms with E-state index in [0.29, 0.717) is 12.1 Å². The lowest BCUT2D eigenvalue weighted by Gasteiger charge is -2.18. The van der Waals surface area contributed by atoms with Gasteiger partial charge in [-0.05, 0) is 66.6 Å². The molecule has 4 aromatic rings. The van der Waals surface area contributed by atoms with Crippen LogP contribution in [-0.2, 0) is 12.7 Å². The van der Waals surface area contributed by atoms with Gasteiger partial charge in [0.05, 0.1) is 5.56 Å². The van der Waals surface area contributed by atoms with Crippen molar-refractivity contribution in [2.24, 2.45) is 0 Å². The lowest BCUT2D eigenvalue weighted by Crippen LogP contribution is -2.21. The minimum Gasteiger partial charge on any atom is -0.486 e. The van der Waals surface area contributed by atoms with Gasteiger partial charge >= 0.3 is 6.11 Å². The standard InChI is InChI=1S/C27H17F7O2/c1-15-2-6-18(7-3-15)27(33,34)36-19-8-4-17(5-9-19)20-10-11-23(26(32)24(20)30)35-14-16-12-21(28)25(31)22(29)13-16/h2-13H,14H2,1H3. The third-order valence-electron chi connectivity index (χ3n) is 5.28. The number of hydrogen-bond donors (Lipinski definition) is 0. The molecule has 0 heterocycles. The molecule has 9 heteroatoms. The second-order valence-electron chi connectivity index (χ2n) is 7.91. The molecule has 0 aliphatic carbocycles. The largest absolute Gasteiger partial charge is 0.486 e. The number of hydrogen-bond acceptors (Lipinski definition) is 2. The van der Waals surface area contributed by atoms with Crippen molar-refractivity contribution in [3.63, 3.8) is 0 Å². The number of halogens is 7. The molecule has 0 bridgehead atoms. The summed E-state index contributed by atoms with van der Waals surface area (Å²) in [7, 11) is 0. The Balaban J connectivity index is 1.49. The fourth-order valence-electron chi connectivity index (χ4n) is 3.38. The molecule has 0 saturated heterocycles. The van der Waals surface area contributed by atoms with E-state index in [2.05, 4.69) is 0 Å². The molecule has 0 atom stereocenters. The van der Waals surface area contributed by atoms with Crippen molar-refractivity contribution in [1.29, 1.82) is 0 Å². The van der Waals surface area contributed by atoms with Crippen molar-refractivity contribution in [2.45, 2.75) is 19.6 Å². The molecule has 186 valence electrons. The monoisotopic (exact) mass is 506 g/mol. The van der Waals surface area contributed by atoms with Crippen LogP contribution in [0.3, 0.4) is 0 Å². The summed E-state index contributed by atoms with van der Waals surface area (Å²) in [5.41, 5.74) is 0.324. The van der Waals surface area contributed by atoms with Crippen molar-refractivity contribution in [1.82, 2.24) is 0 Å². The maximum Gasteiger partial charge on any atom is 0.426 e. The molecular formula is C27H17F7O2. The predicted octanol–water partition coefficient (Wildman–Crippen LogP) is 8.06. The predicted molar refractivity (Wildman–Crippen MR) is 118 cm³/mol. The van der Waals surface area contributed by atoms with Gasteiger partial charge in [-0.1, -0.05) is 29.8 Å². The van der Waals surface area contributed by atoms with Crippen LogP contribution in [-0.4, -0.2) is 0 Å². The summed E-state index contributed by atoms with van der Waals surface area (Å²) in [4.78, 5) is 0. The molecule has 0 amide bonds. The summed E-state index contributed by atoms with van der Waals surface area (Å²) in [6, 6.07) is 14.1. The molecule has 0 aliphatic rings. The SMILES string of the molecule is Cc1ccc(C(F)(F)Oc2ccc(-c3ccc(OCc4cc(F)c(F)c(F)c4)c(F)c3F)cc2)cc1. The number of rotatable bonds is 7. The molecule has 0 spiro atoms. The highest BCUT2D eigenvalue weighted by Gasteiger charge is 2.34. The van der Waals surface area contributed by atoms with Crippen molar-refractivity contribution in [3.05, 3.63) is 119 Å². The van der Waals surface area contributed by atoms with Crippen molar-refractivity contribution < 1.29 is 40.2 Å². The Morgan fingerprint density at radius 1 is 0.694 bits per heavy atom. The van der Waals surface area contributed by atoms with E-state index in [-0.39, 0.29) is 28.0 Å². The summed E-state index contributed by atoms with van der Waals surface area (Å²) >= 11 is 0. The Hall–Kier alpha value is -4.01. The average molecular weight is 506 g/mol. The van der Waals surface area contributed by atoms with E-state index in [1.54, 1.807) is 6.92 Å². The van der Waals surface area contributed by atoms with Crippen LogP contribution in [0.25, 0.3) is 11.1 Å². The summed E-state index contributed by atoms with van der Waals surface area (Å²) in [5.74, 6) is -7.94. The lowest BCUT2D eigenvalue weighted by atomic mass is 10.0. The maximum atomic E-state index is 14.7. The van der Waals surface area contributed by atoms with Gasteiger partial charge in [0.1, 0.15) is 12.4 Å². The lowest BCUT2D eigenvalue weighted by molar-refractivity contribution is -0.185. The Kier molecular flexibility index (Phi) is 6.92. The number of aryl methyl sites for hydroxylation is 1. The van der Waals surface area contributed by atoms with Crippen LogP contribution in [0.5, 0.6) is 11.5 Å². The molecule has 0 N–H and O–H groups in total. The molecule has 4 rings (SSSR count). The molecule has 0 aliphatic heterocycles. The fraction of sp³-hybridized carbons (Fsp3) is 0.111. The van der Waals surface area contributed by atoms with Gasteiger partial charge < -0.3 is 9.47 Å². The van der Waals surface area contributed by atoms with Gasteiger partial charge in [-0.3, -0.25) is 0 Å². The molecule has 0 unspecified atom stereocenters. The molecule has 0 aromatic heterocycles. The van der Waals surface area contributed by atoms with Gasteiger partial charge in [-0.25, -0.2) is 17.6 Å². The maximum absolute atomic E-state index is 14.7. The first-order valence-electron chi connectivity index (χ1n) is 10.5. The van der Waals surface area contributed by atoms with Crippen LogP contribution in [0, 0.1) is 36.0 Å². The van der Waals surface area contributed by atoms with Crippen LogP contribution in [0.4, 0.5) is 30.7 Å². The Morgan fingerprint density at radius 2 is 1.31 bits per heavy atom. The van der Waals surface area contributed by atoms with Gasteiger partial charge in [-0.2, -0.15) is 13.2 Å². The zero-order valence-electron chi connectivity index (χ0n) is 18.6. The van der Waals surface area contributed by atoms with Crippen LogP contribution in [0.1, 0.15) is 16.7 Å². The molecule has 0 radical (unpaired) electrons. The van der Waals surface area contributed by atoms with Gasteiger partial charge in [0.2, 0.25) is 5.82 Å². The van der Waals surface area contributed by atoms with Crippen LogP contribution >= 0.6 is 0 Å². The summed E-state index contributed by atoms with van der Waals surface area (Å²) in [6.45, 7) is 1.21. The van der Waals surface area contributed by atoms with E-state index < -0.39 is 47.6 Å². The highest BCUT2D eigenvalue weighted by Crippen LogP contribution is 2.34. The van der Waals surface area contributed by atoms with E-state index in [9.17, 15) is 30.7 Å². The van der Waals surface area contributed by atoms with Gasteiger partial charge in [-0.15, -0.1) is 0 Å². The highest BCUT2D eigenvalue weighted by molar-refractivity contribution is 5.66. The van der Waals surface area contributed by atoms with Gasteiger partial charge in [0.25, 0.3) is 0 Å². The Labute approximate surface area is 201 Å². The van der Waals surface area contributed by atoms with E-state index in [0.717, 1.165) is 11.6 Å². The Bertz CT molecular complexity index is 1360. The molecule has 0 fully saturated rings. The fourth-order valence-corrected chi connectivity index (χ4v) is 3.38. The van der Waals surface area contributed by atoms with Crippen molar-refractivity contribution in [2.75, 3.05) is 0 Å². The second kappa shape index (κ2) is 9.93. The normalized spacial score (nSPS) is 11.4. The highest BCUT2D eigenvalue weighted by atomic mass is 19.3. The summed E-state index contributed by atoms with van der Waals surface area (Å²) in [5, 5.41) is 0. The van der Waals surface area contributed by atoms with E-state index in [1.165, 1.54) is 54.6 Å². The van der Waals surface area contributed by atoms with Crippen molar-refractivity contribution >= 4 is 0 Å². The summed E-state index contributed by atoms with van der Waals surface area (Å²) < 4.78 is 108.